The minimum absolute atomic E-state index is 0.761. The highest BCUT2D eigenvalue weighted by Crippen LogP contribution is 2.22. The Kier molecular flexibility index (Phi) is 3.67. The van der Waals surface area contributed by atoms with Crippen LogP contribution in [-0.2, 0) is 13.6 Å². The monoisotopic (exact) mass is 269 g/mol. The predicted octanol–water partition coefficient (Wildman–Crippen LogP) is 1.53. The molecule has 1 aliphatic rings. The van der Waals surface area contributed by atoms with Crippen LogP contribution in [0.5, 0.6) is 0 Å². The largest absolute Gasteiger partial charge is 0.356 e. The topological polar surface area (TPSA) is 54.2 Å². The third-order valence-electron chi connectivity index (χ3n) is 3.38. The quantitative estimate of drug-likeness (QED) is 0.888. The van der Waals surface area contributed by atoms with E-state index in [1.165, 1.54) is 11.1 Å². The first-order valence-corrected chi connectivity index (χ1v) is 6.92. The molecule has 0 amide bonds. The van der Waals surface area contributed by atoms with Gasteiger partial charge in [-0.15, -0.1) is 0 Å². The molecule has 0 aliphatic carbocycles. The number of guanidine groups is 1. The van der Waals surface area contributed by atoms with Crippen LogP contribution in [0, 0.1) is 0 Å². The van der Waals surface area contributed by atoms with Gasteiger partial charge in [-0.1, -0.05) is 24.3 Å². The first kappa shape index (κ1) is 12.7. The molecule has 0 bridgehead atoms. The zero-order valence-electron chi connectivity index (χ0n) is 11.6. The zero-order valence-corrected chi connectivity index (χ0v) is 11.6. The summed E-state index contributed by atoms with van der Waals surface area (Å²) in [6.07, 6.45) is 5.04. The second-order valence-corrected chi connectivity index (χ2v) is 4.92. The lowest BCUT2D eigenvalue weighted by atomic mass is 10.0. The van der Waals surface area contributed by atoms with E-state index in [1.807, 2.05) is 24.1 Å². The first-order valence-electron chi connectivity index (χ1n) is 6.92. The van der Waals surface area contributed by atoms with Crippen LogP contribution in [0.2, 0.25) is 0 Å². The predicted molar refractivity (Wildman–Crippen MR) is 80.4 cm³/mol. The molecule has 20 heavy (non-hydrogen) atoms. The molecular weight excluding hydrogens is 250 g/mol. The highest BCUT2D eigenvalue weighted by atomic mass is 15.2. The van der Waals surface area contributed by atoms with Crippen LogP contribution in [0.25, 0.3) is 11.1 Å². The van der Waals surface area contributed by atoms with Crippen molar-refractivity contribution < 1.29 is 0 Å². The third-order valence-corrected chi connectivity index (χ3v) is 3.38. The van der Waals surface area contributed by atoms with Crippen molar-refractivity contribution in [1.29, 1.82) is 0 Å². The Morgan fingerprint density at radius 2 is 2.25 bits per heavy atom. The molecule has 3 rings (SSSR count). The third kappa shape index (κ3) is 2.82. The SMILES string of the molecule is Cn1cc(-c2ccccc2CNC2=NCCCN2)cn1. The molecule has 0 unspecified atom stereocenters. The average molecular weight is 269 g/mol. The summed E-state index contributed by atoms with van der Waals surface area (Å²) in [6.45, 7) is 2.66. The van der Waals surface area contributed by atoms with Gasteiger partial charge in [0.15, 0.2) is 5.96 Å². The van der Waals surface area contributed by atoms with Gasteiger partial charge < -0.3 is 10.6 Å². The maximum absolute atomic E-state index is 4.43. The lowest BCUT2D eigenvalue weighted by Gasteiger charge is -2.17. The van der Waals surface area contributed by atoms with Gasteiger partial charge in [-0.2, -0.15) is 5.10 Å². The van der Waals surface area contributed by atoms with Crippen LogP contribution in [0.3, 0.4) is 0 Å². The maximum Gasteiger partial charge on any atom is 0.191 e. The van der Waals surface area contributed by atoms with E-state index in [9.17, 15) is 0 Å². The highest BCUT2D eigenvalue weighted by Gasteiger charge is 2.08. The minimum atomic E-state index is 0.761. The van der Waals surface area contributed by atoms with E-state index in [0.717, 1.165) is 37.6 Å². The number of aryl methyl sites for hydroxylation is 1. The number of rotatable bonds is 3. The summed E-state index contributed by atoms with van der Waals surface area (Å²) < 4.78 is 1.83. The molecule has 1 aromatic heterocycles. The van der Waals surface area contributed by atoms with Crippen LogP contribution >= 0.6 is 0 Å². The van der Waals surface area contributed by atoms with E-state index in [4.69, 9.17) is 0 Å². The standard InChI is InChI=1S/C15H19N5/c1-20-11-13(10-19-20)14-6-3-2-5-12(14)9-18-15-16-7-4-8-17-15/h2-3,5-6,10-11H,4,7-9H2,1H3,(H2,16,17,18). The van der Waals surface area contributed by atoms with Gasteiger partial charge in [-0.05, 0) is 17.5 Å². The Balaban J connectivity index is 1.77. The molecule has 0 radical (unpaired) electrons. The van der Waals surface area contributed by atoms with Crippen LogP contribution in [0.4, 0.5) is 0 Å². The van der Waals surface area contributed by atoms with Crippen LogP contribution < -0.4 is 10.6 Å². The van der Waals surface area contributed by atoms with Crippen molar-refractivity contribution in [3.05, 3.63) is 42.2 Å². The minimum Gasteiger partial charge on any atom is -0.356 e. The Morgan fingerprint density at radius 1 is 1.35 bits per heavy atom. The number of nitrogens with zero attached hydrogens (tertiary/aromatic N) is 3. The summed E-state index contributed by atoms with van der Waals surface area (Å²) in [5, 5.41) is 10.9. The first-order chi connectivity index (χ1) is 9.83. The number of aromatic nitrogens is 2. The second kappa shape index (κ2) is 5.77. The van der Waals surface area contributed by atoms with Crippen molar-refractivity contribution in [3.8, 4) is 11.1 Å². The van der Waals surface area contributed by atoms with Gasteiger partial charge in [0, 0.05) is 38.4 Å². The van der Waals surface area contributed by atoms with Gasteiger partial charge in [0.05, 0.1) is 6.20 Å². The van der Waals surface area contributed by atoms with E-state index < -0.39 is 0 Å². The van der Waals surface area contributed by atoms with Gasteiger partial charge in [-0.3, -0.25) is 9.67 Å². The molecule has 0 atom stereocenters. The van der Waals surface area contributed by atoms with Crippen molar-refractivity contribution >= 4 is 5.96 Å². The Labute approximate surface area is 118 Å². The van der Waals surface area contributed by atoms with E-state index in [1.54, 1.807) is 0 Å². The maximum atomic E-state index is 4.43. The number of hydrogen-bond acceptors (Lipinski definition) is 4. The number of aliphatic imine (C=N–C) groups is 1. The van der Waals surface area contributed by atoms with Gasteiger partial charge in [0.2, 0.25) is 0 Å². The molecule has 0 spiro atoms. The summed E-state index contributed by atoms with van der Waals surface area (Å²) >= 11 is 0. The molecule has 5 heteroatoms. The summed E-state index contributed by atoms with van der Waals surface area (Å²) in [5.74, 6) is 0.900. The summed E-state index contributed by atoms with van der Waals surface area (Å²) in [6, 6.07) is 8.39. The summed E-state index contributed by atoms with van der Waals surface area (Å²) in [4.78, 5) is 4.43. The van der Waals surface area contributed by atoms with Gasteiger partial charge in [0.25, 0.3) is 0 Å². The van der Waals surface area contributed by atoms with Crippen LogP contribution in [-0.4, -0.2) is 28.8 Å². The molecule has 1 aromatic carbocycles. The molecule has 0 saturated carbocycles. The van der Waals surface area contributed by atoms with E-state index in [-0.39, 0.29) is 0 Å². The summed E-state index contributed by atoms with van der Waals surface area (Å²) in [7, 11) is 1.94. The number of hydrogen-bond donors (Lipinski definition) is 2. The smallest absolute Gasteiger partial charge is 0.191 e. The average Bonchev–Trinajstić information content (AvgIpc) is 2.93. The van der Waals surface area contributed by atoms with Crippen LogP contribution in [0.15, 0.2) is 41.7 Å². The fourth-order valence-corrected chi connectivity index (χ4v) is 2.35. The molecule has 2 heterocycles. The van der Waals surface area contributed by atoms with Crippen LogP contribution in [0.1, 0.15) is 12.0 Å². The molecule has 1 aliphatic heterocycles. The second-order valence-electron chi connectivity index (χ2n) is 4.92. The Hall–Kier alpha value is -2.30. The number of benzene rings is 1. The lowest BCUT2D eigenvalue weighted by molar-refractivity contribution is 0.702. The molecular formula is C15H19N5. The van der Waals surface area contributed by atoms with E-state index in [0.29, 0.717) is 0 Å². The van der Waals surface area contributed by atoms with Crippen molar-refractivity contribution in [2.45, 2.75) is 13.0 Å². The van der Waals surface area contributed by atoms with Crippen molar-refractivity contribution in [2.75, 3.05) is 13.1 Å². The normalized spacial score (nSPS) is 14.6. The fraction of sp³-hybridized carbons (Fsp3) is 0.333. The molecule has 104 valence electrons. The summed E-state index contributed by atoms with van der Waals surface area (Å²) in [5.41, 5.74) is 3.60. The van der Waals surface area contributed by atoms with Crippen molar-refractivity contribution in [1.82, 2.24) is 20.4 Å². The highest BCUT2D eigenvalue weighted by molar-refractivity contribution is 5.80. The number of nitrogens with one attached hydrogen (secondary N) is 2. The zero-order chi connectivity index (χ0) is 13.8. The van der Waals surface area contributed by atoms with Gasteiger partial charge in [-0.25, -0.2) is 0 Å². The fourth-order valence-electron chi connectivity index (χ4n) is 2.35. The Bertz CT molecular complexity index is 614. The molecule has 0 fully saturated rings. The van der Waals surface area contributed by atoms with E-state index >= 15 is 0 Å². The molecule has 5 nitrogen and oxygen atoms in total. The van der Waals surface area contributed by atoms with Crippen molar-refractivity contribution in [2.24, 2.45) is 12.0 Å². The van der Waals surface area contributed by atoms with E-state index in [2.05, 4.69) is 45.0 Å². The molecule has 0 saturated heterocycles. The Morgan fingerprint density at radius 3 is 3.00 bits per heavy atom. The van der Waals surface area contributed by atoms with Gasteiger partial charge in [0.1, 0.15) is 0 Å². The van der Waals surface area contributed by atoms with Crippen molar-refractivity contribution in [3.63, 3.8) is 0 Å². The molecule has 2 N–H and O–H groups in total. The lowest BCUT2D eigenvalue weighted by Crippen LogP contribution is -2.40. The molecule has 2 aromatic rings. The van der Waals surface area contributed by atoms with Gasteiger partial charge >= 0.3 is 0 Å².